The molecule has 1 N–H and O–H groups in total. The highest BCUT2D eigenvalue weighted by molar-refractivity contribution is 5.67. The topological polar surface area (TPSA) is 40.5 Å². The van der Waals surface area contributed by atoms with Gasteiger partial charge in [-0.1, -0.05) is 12.8 Å². The van der Waals surface area contributed by atoms with E-state index in [1.54, 1.807) is 0 Å². The van der Waals surface area contributed by atoms with Gasteiger partial charge in [-0.15, -0.1) is 0 Å². The Morgan fingerprint density at radius 2 is 1.79 bits per heavy atom. The molecular weight excluding hydrogens is 238 g/mol. The molecule has 2 aliphatic carbocycles. The predicted octanol–water partition coefficient (Wildman–Crippen LogP) is 3.29. The molecule has 108 valence electrons. The van der Waals surface area contributed by atoms with Crippen molar-refractivity contribution in [3.8, 4) is 0 Å². The summed E-state index contributed by atoms with van der Waals surface area (Å²) in [6.45, 7) is 2.17. The van der Waals surface area contributed by atoms with E-state index in [1.165, 1.54) is 51.4 Å². The summed E-state index contributed by atoms with van der Waals surface area (Å²) in [7, 11) is 0. The van der Waals surface area contributed by atoms with Gasteiger partial charge in [0.15, 0.2) is 0 Å². The first-order valence-electron chi connectivity index (χ1n) is 8.13. The van der Waals surface area contributed by atoms with E-state index in [0.717, 1.165) is 31.0 Å². The van der Waals surface area contributed by atoms with E-state index >= 15 is 0 Å². The van der Waals surface area contributed by atoms with E-state index in [2.05, 4.69) is 4.90 Å². The summed E-state index contributed by atoms with van der Waals surface area (Å²) >= 11 is 0. The Balaban J connectivity index is 1.48. The molecule has 2 saturated carbocycles. The molecule has 1 spiro atoms. The molecule has 1 heterocycles. The highest BCUT2D eigenvalue weighted by atomic mass is 16.4. The van der Waals surface area contributed by atoms with Gasteiger partial charge in [0, 0.05) is 19.0 Å². The number of carboxylic acids is 1. The molecule has 3 heteroatoms. The molecule has 1 unspecified atom stereocenters. The molecular formula is C16H27NO2. The number of nitrogens with zero attached hydrogens (tertiary/aromatic N) is 1. The number of carbonyl (C=O) groups is 1. The van der Waals surface area contributed by atoms with Crippen LogP contribution in [0.25, 0.3) is 0 Å². The molecule has 1 atom stereocenters. The average molecular weight is 265 g/mol. The molecule has 0 aromatic heterocycles. The number of likely N-dealkylation sites (tertiary alicyclic amines) is 1. The minimum absolute atomic E-state index is 0.368. The van der Waals surface area contributed by atoms with Crippen molar-refractivity contribution in [2.24, 2.45) is 11.3 Å². The maximum absolute atomic E-state index is 10.8. The third kappa shape index (κ3) is 2.96. The first kappa shape index (κ1) is 13.4. The molecule has 3 aliphatic rings. The zero-order valence-electron chi connectivity index (χ0n) is 11.9. The predicted molar refractivity (Wildman–Crippen MR) is 75.1 cm³/mol. The lowest BCUT2D eigenvalue weighted by Gasteiger charge is -2.40. The molecule has 0 radical (unpaired) electrons. The highest BCUT2D eigenvalue weighted by Gasteiger charge is 2.40. The molecule has 0 aromatic rings. The van der Waals surface area contributed by atoms with Crippen LogP contribution in [-0.2, 0) is 4.79 Å². The third-order valence-corrected chi connectivity index (χ3v) is 5.98. The molecule has 0 amide bonds. The zero-order valence-corrected chi connectivity index (χ0v) is 11.9. The summed E-state index contributed by atoms with van der Waals surface area (Å²) in [5.41, 5.74) is 0.719. The van der Waals surface area contributed by atoms with Crippen LogP contribution >= 0.6 is 0 Å². The Hall–Kier alpha value is -0.570. The number of hydrogen-bond acceptors (Lipinski definition) is 2. The van der Waals surface area contributed by atoms with Crippen molar-refractivity contribution in [1.82, 2.24) is 4.90 Å². The van der Waals surface area contributed by atoms with Crippen LogP contribution in [0.1, 0.15) is 64.2 Å². The Morgan fingerprint density at radius 1 is 1.11 bits per heavy atom. The van der Waals surface area contributed by atoms with Crippen molar-refractivity contribution in [3.63, 3.8) is 0 Å². The van der Waals surface area contributed by atoms with Crippen molar-refractivity contribution in [2.45, 2.75) is 70.3 Å². The summed E-state index contributed by atoms with van der Waals surface area (Å²) < 4.78 is 0. The van der Waals surface area contributed by atoms with Crippen LogP contribution < -0.4 is 0 Å². The van der Waals surface area contributed by atoms with E-state index in [0.29, 0.717) is 12.3 Å². The number of hydrogen-bond donors (Lipinski definition) is 1. The van der Waals surface area contributed by atoms with Gasteiger partial charge in [-0.25, -0.2) is 0 Å². The van der Waals surface area contributed by atoms with Crippen LogP contribution in [0.5, 0.6) is 0 Å². The van der Waals surface area contributed by atoms with E-state index in [4.69, 9.17) is 5.11 Å². The van der Waals surface area contributed by atoms with Crippen molar-refractivity contribution < 1.29 is 9.90 Å². The second-order valence-corrected chi connectivity index (χ2v) is 7.19. The van der Waals surface area contributed by atoms with Gasteiger partial charge in [0.05, 0.1) is 0 Å². The second kappa shape index (κ2) is 5.43. The fourth-order valence-corrected chi connectivity index (χ4v) is 4.81. The van der Waals surface area contributed by atoms with Gasteiger partial charge < -0.3 is 10.0 Å². The van der Waals surface area contributed by atoms with Gasteiger partial charge in [-0.2, -0.15) is 0 Å². The summed E-state index contributed by atoms with van der Waals surface area (Å²) in [6.07, 6.45) is 12.9. The lowest BCUT2D eigenvalue weighted by atomic mass is 9.71. The Bertz CT molecular complexity index is 326. The summed E-state index contributed by atoms with van der Waals surface area (Å²) in [6, 6.07) is 0.755. The first-order valence-corrected chi connectivity index (χ1v) is 8.13. The number of rotatable bonds is 3. The van der Waals surface area contributed by atoms with Gasteiger partial charge >= 0.3 is 5.97 Å². The summed E-state index contributed by atoms with van der Waals surface area (Å²) in [5.74, 6) is -0.222. The largest absolute Gasteiger partial charge is 0.481 e. The van der Waals surface area contributed by atoms with Gasteiger partial charge in [0.2, 0.25) is 0 Å². The monoisotopic (exact) mass is 265 g/mol. The maximum Gasteiger partial charge on any atom is 0.303 e. The van der Waals surface area contributed by atoms with Crippen LogP contribution in [0.4, 0.5) is 0 Å². The SMILES string of the molecule is O=C(O)CC1CCN(C2CCC3(CCCC3)CC2)C1. The van der Waals surface area contributed by atoms with Crippen molar-refractivity contribution >= 4 is 5.97 Å². The number of carboxylic acid groups (broad SMARTS) is 1. The number of aliphatic carboxylic acids is 1. The Labute approximate surface area is 116 Å². The molecule has 1 saturated heterocycles. The van der Waals surface area contributed by atoms with Crippen LogP contribution in [-0.4, -0.2) is 35.1 Å². The average Bonchev–Trinajstić information content (AvgIpc) is 3.00. The van der Waals surface area contributed by atoms with Crippen molar-refractivity contribution in [2.75, 3.05) is 13.1 Å². The smallest absolute Gasteiger partial charge is 0.303 e. The molecule has 1 aliphatic heterocycles. The fraction of sp³-hybridized carbons (Fsp3) is 0.938. The quantitative estimate of drug-likeness (QED) is 0.851. The summed E-state index contributed by atoms with van der Waals surface area (Å²) in [5, 5.41) is 8.89. The van der Waals surface area contributed by atoms with E-state index in [-0.39, 0.29) is 0 Å². The van der Waals surface area contributed by atoms with Gasteiger partial charge in [0.25, 0.3) is 0 Å². The van der Waals surface area contributed by atoms with E-state index < -0.39 is 5.97 Å². The summed E-state index contributed by atoms with van der Waals surface area (Å²) in [4.78, 5) is 13.4. The second-order valence-electron chi connectivity index (χ2n) is 7.19. The van der Waals surface area contributed by atoms with Crippen LogP contribution in [0, 0.1) is 11.3 Å². The maximum atomic E-state index is 10.8. The Kier molecular flexibility index (Phi) is 3.84. The standard InChI is InChI=1S/C16H27NO2/c18-15(19)11-13-5-10-17(12-13)14-3-8-16(9-4-14)6-1-2-7-16/h13-14H,1-12H2,(H,18,19). The lowest BCUT2D eigenvalue weighted by Crippen LogP contribution is -2.39. The molecule has 0 aromatic carbocycles. The van der Waals surface area contributed by atoms with Crippen molar-refractivity contribution in [3.05, 3.63) is 0 Å². The fourth-order valence-electron chi connectivity index (χ4n) is 4.81. The van der Waals surface area contributed by atoms with Gasteiger partial charge in [0.1, 0.15) is 0 Å². The minimum Gasteiger partial charge on any atom is -0.481 e. The van der Waals surface area contributed by atoms with Crippen molar-refractivity contribution in [1.29, 1.82) is 0 Å². The lowest BCUT2D eigenvalue weighted by molar-refractivity contribution is -0.138. The molecule has 0 bridgehead atoms. The van der Waals surface area contributed by atoms with Crippen LogP contribution in [0.2, 0.25) is 0 Å². The first-order chi connectivity index (χ1) is 9.17. The van der Waals surface area contributed by atoms with Gasteiger partial charge in [-0.05, 0) is 62.8 Å². The molecule has 3 fully saturated rings. The van der Waals surface area contributed by atoms with E-state index in [1.807, 2.05) is 0 Å². The molecule has 3 nitrogen and oxygen atoms in total. The van der Waals surface area contributed by atoms with Crippen LogP contribution in [0.3, 0.4) is 0 Å². The van der Waals surface area contributed by atoms with Crippen LogP contribution in [0.15, 0.2) is 0 Å². The van der Waals surface area contributed by atoms with Gasteiger partial charge in [-0.3, -0.25) is 4.79 Å². The molecule has 3 rings (SSSR count). The minimum atomic E-state index is -0.625. The Morgan fingerprint density at radius 3 is 2.42 bits per heavy atom. The highest BCUT2D eigenvalue weighted by Crippen LogP contribution is 2.49. The zero-order chi connectivity index (χ0) is 13.3. The normalized spacial score (nSPS) is 32.1. The van der Waals surface area contributed by atoms with E-state index in [9.17, 15) is 4.79 Å². The third-order valence-electron chi connectivity index (χ3n) is 5.98. The molecule has 19 heavy (non-hydrogen) atoms.